The number of rotatable bonds is 6. The lowest BCUT2D eigenvalue weighted by molar-refractivity contribution is -0.0230. The fraction of sp³-hybridized carbons (Fsp3) is 0.562. The van der Waals surface area contributed by atoms with Gasteiger partial charge in [0, 0.05) is 12.1 Å². The smallest absolute Gasteiger partial charge is 0.167 e. The normalized spacial score (nSPS) is 30.7. The SMILES string of the molecule is C#C[C@H]1O[C@@H](n2cnc3c(NC4CCC4)ncnc32)[C@H](O)[C@@H]1O.C#C[C@H]1O[C@@H](n2cnc3c(NC4CCCCC4)ncnc32)[C@H](O)[C@@H]1O. The van der Waals surface area contributed by atoms with Crippen LogP contribution >= 0.6 is 0 Å². The monoisotopic (exact) mass is 658 g/mol. The van der Waals surface area contributed by atoms with E-state index in [-0.39, 0.29) is 0 Å². The molecule has 8 rings (SSSR count). The predicted molar refractivity (Wildman–Crippen MR) is 172 cm³/mol. The van der Waals surface area contributed by atoms with Gasteiger partial charge in [0.15, 0.2) is 46.4 Å². The highest BCUT2D eigenvalue weighted by Gasteiger charge is 2.44. The minimum Gasteiger partial charge on any atom is -0.386 e. The summed E-state index contributed by atoms with van der Waals surface area (Å²) in [4.78, 5) is 25.8. The van der Waals surface area contributed by atoms with E-state index in [4.69, 9.17) is 22.3 Å². The molecule has 16 nitrogen and oxygen atoms in total. The molecule has 4 aromatic rings. The van der Waals surface area contributed by atoms with Gasteiger partial charge in [-0.15, -0.1) is 12.8 Å². The van der Waals surface area contributed by atoms with E-state index in [1.54, 1.807) is 9.13 Å². The summed E-state index contributed by atoms with van der Waals surface area (Å²) < 4.78 is 14.3. The first-order chi connectivity index (χ1) is 23.4. The van der Waals surface area contributed by atoms with Crippen LogP contribution < -0.4 is 10.6 Å². The van der Waals surface area contributed by atoms with Crippen LogP contribution in [-0.2, 0) is 9.47 Å². The van der Waals surface area contributed by atoms with Gasteiger partial charge in [0.25, 0.3) is 0 Å². The highest BCUT2D eigenvalue weighted by molar-refractivity contribution is 5.83. The van der Waals surface area contributed by atoms with Crippen LogP contribution in [-0.4, -0.2) is 108 Å². The number of ether oxygens (including phenoxy) is 2. The highest BCUT2D eigenvalue weighted by atomic mass is 16.6. The number of fused-ring (bicyclic) bond motifs is 2. The molecule has 0 amide bonds. The first kappa shape index (κ1) is 32.1. The van der Waals surface area contributed by atoms with Gasteiger partial charge >= 0.3 is 0 Å². The maximum absolute atomic E-state index is 10.2. The number of nitrogens with zero attached hydrogens (tertiary/aromatic N) is 8. The Hall–Kier alpha value is -4.42. The highest BCUT2D eigenvalue weighted by Crippen LogP contribution is 2.34. The van der Waals surface area contributed by atoms with E-state index in [0.29, 0.717) is 46.0 Å². The maximum atomic E-state index is 10.2. The Bertz CT molecular complexity index is 1830. The molecule has 4 aliphatic rings. The number of aliphatic hydroxyl groups excluding tert-OH is 4. The molecule has 0 unspecified atom stereocenters. The third kappa shape index (κ3) is 5.92. The number of nitrogens with one attached hydrogen (secondary N) is 2. The van der Waals surface area contributed by atoms with E-state index in [1.807, 2.05) is 0 Å². The molecule has 8 atom stereocenters. The second kappa shape index (κ2) is 13.6. The van der Waals surface area contributed by atoms with Crippen LogP contribution in [0.25, 0.3) is 22.3 Å². The largest absolute Gasteiger partial charge is 0.386 e. The topological polar surface area (TPSA) is 211 Å². The lowest BCUT2D eigenvalue weighted by Gasteiger charge is -2.26. The summed E-state index contributed by atoms with van der Waals surface area (Å²) in [6.07, 6.45) is 18.0. The van der Waals surface area contributed by atoms with E-state index in [0.717, 1.165) is 25.7 Å². The van der Waals surface area contributed by atoms with Crippen molar-refractivity contribution in [3.05, 3.63) is 25.3 Å². The van der Waals surface area contributed by atoms with Crippen LogP contribution in [0.2, 0.25) is 0 Å². The van der Waals surface area contributed by atoms with E-state index >= 15 is 0 Å². The summed E-state index contributed by atoms with van der Waals surface area (Å²) in [5.41, 5.74) is 2.27. The summed E-state index contributed by atoms with van der Waals surface area (Å²) >= 11 is 0. The summed E-state index contributed by atoms with van der Waals surface area (Å²) in [5, 5.41) is 47.1. The van der Waals surface area contributed by atoms with Crippen molar-refractivity contribution in [1.29, 1.82) is 0 Å². The Kier molecular flexibility index (Phi) is 9.11. The quantitative estimate of drug-likeness (QED) is 0.159. The van der Waals surface area contributed by atoms with Gasteiger partial charge in [0.2, 0.25) is 0 Å². The Morgan fingerprint density at radius 2 is 1.04 bits per heavy atom. The van der Waals surface area contributed by atoms with Crippen LogP contribution in [0.1, 0.15) is 63.8 Å². The van der Waals surface area contributed by atoms with Gasteiger partial charge in [-0.05, 0) is 32.1 Å². The molecule has 252 valence electrons. The van der Waals surface area contributed by atoms with E-state index in [1.165, 1.54) is 51.0 Å². The van der Waals surface area contributed by atoms with Crippen molar-refractivity contribution >= 4 is 34.0 Å². The Labute approximate surface area is 276 Å². The van der Waals surface area contributed by atoms with Crippen LogP contribution in [0, 0.1) is 24.7 Å². The number of hydrogen-bond acceptors (Lipinski definition) is 14. The molecule has 0 spiro atoms. The Morgan fingerprint density at radius 3 is 1.42 bits per heavy atom. The van der Waals surface area contributed by atoms with Gasteiger partial charge in [-0.25, -0.2) is 29.9 Å². The standard InChI is InChI=1S/C17H21N5O3.C15H17N5O3/c1-2-11-13(23)14(24)17(25-11)22-9-20-12-15(18-8-19-16(12)22)21-10-6-4-3-5-7-10;1-2-9-11(21)12(22)15(23-9)20-7-18-10-13(16-6-17-14(10)20)19-8-4-3-5-8/h1,8-11,13-14,17,23-24H,3-7H2,(H,18,19,21);1,6-9,11-12,15,21-22H,3-5H2,(H,16,17,19)/t11-,13-,14-,17-;9-,11-,12-,15-/m11/s1. The van der Waals surface area contributed by atoms with Crippen LogP contribution in [0.5, 0.6) is 0 Å². The molecular formula is C32H38N10O6. The molecular weight excluding hydrogens is 620 g/mol. The number of anilines is 2. The zero-order valence-electron chi connectivity index (χ0n) is 26.1. The van der Waals surface area contributed by atoms with Gasteiger partial charge in [-0.1, -0.05) is 31.1 Å². The minimum atomic E-state index is -1.15. The van der Waals surface area contributed by atoms with Gasteiger partial charge in [0.05, 0.1) is 12.7 Å². The molecule has 2 saturated carbocycles. The van der Waals surface area contributed by atoms with Gasteiger partial charge < -0.3 is 40.5 Å². The number of aliphatic hydroxyl groups is 4. The van der Waals surface area contributed by atoms with E-state index in [2.05, 4.69) is 52.4 Å². The van der Waals surface area contributed by atoms with Crippen molar-refractivity contribution in [3.63, 3.8) is 0 Å². The van der Waals surface area contributed by atoms with Crippen molar-refractivity contribution in [2.24, 2.45) is 0 Å². The first-order valence-corrected chi connectivity index (χ1v) is 16.2. The van der Waals surface area contributed by atoms with Gasteiger partial charge in [-0.2, -0.15) is 0 Å². The van der Waals surface area contributed by atoms with Crippen LogP contribution in [0.15, 0.2) is 25.3 Å². The lowest BCUT2D eigenvalue weighted by Crippen LogP contribution is -2.30. The summed E-state index contributed by atoms with van der Waals surface area (Å²) in [7, 11) is 0. The molecule has 6 heterocycles. The number of terminal acetylenes is 2. The molecule has 0 radical (unpaired) electrons. The zero-order chi connectivity index (χ0) is 33.4. The molecule has 48 heavy (non-hydrogen) atoms. The second-order valence-corrected chi connectivity index (χ2v) is 12.5. The Morgan fingerprint density at radius 1 is 0.604 bits per heavy atom. The molecule has 6 N–H and O–H groups in total. The molecule has 4 fully saturated rings. The van der Waals surface area contributed by atoms with E-state index < -0.39 is 49.1 Å². The average molecular weight is 659 g/mol. The van der Waals surface area contributed by atoms with Crippen molar-refractivity contribution < 1.29 is 29.9 Å². The maximum Gasteiger partial charge on any atom is 0.167 e. The molecule has 2 aliphatic heterocycles. The first-order valence-electron chi connectivity index (χ1n) is 16.2. The van der Waals surface area contributed by atoms with Crippen LogP contribution in [0.3, 0.4) is 0 Å². The van der Waals surface area contributed by atoms with Crippen LogP contribution in [0.4, 0.5) is 11.6 Å². The summed E-state index contributed by atoms with van der Waals surface area (Å²) in [6, 6.07) is 0.803. The Balaban J connectivity index is 0.000000152. The number of imidazole rings is 2. The molecule has 2 aliphatic carbocycles. The third-order valence-electron chi connectivity index (χ3n) is 9.46. The van der Waals surface area contributed by atoms with E-state index in [9.17, 15) is 20.4 Å². The number of aromatic nitrogens is 8. The van der Waals surface area contributed by atoms with Crippen molar-refractivity contribution in [1.82, 2.24) is 39.0 Å². The van der Waals surface area contributed by atoms with Crippen molar-refractivity contribution in [3.8, 4) is 24.7 Å². The zero-order valence-corrected chi connectivity index (χ0v) is 26.1. The summed E-state index contributed by atoms with van der Waals surface area (Å²) in [6.45, 7) is 0. The number of hydrogen-bond donors (Lipinski definition) is 6. The fourth-order valence-electron chi connectivity index (χ4n) is 6.53. The second-order valence-electron chi connectivity index (χ2n) is 12.5. The molecule has 2 saturated heterocycles. The van der Waals surface area contributed by atoms with Crippen molar-refractivity contribution in [2.75, 3.05) is 10.6 Å². The van der Waals surface area contributed by atoms with Crippen molar-refractivity contribution in [2.45, 2.75) is 113 Å². The minimum absolute atomic E-state index is 0.387. The molecule has 0 bridgehead atoms. The average Bonchev–Trinajstić information content (AvgIpc) is 3.85. The lowest BCUT2D eigenvalue weighted by atomic mass is 9.93. The van der Waals surface area contributed by atoms with Gasteiger partial charge in [-0.3, -0.25) is 9.13 Å². The molecule has 4 aromatic heterocycles. The fourth-order valence-corrected chi connectivity index (χ4v) is 6.53. The van der Waals surface area contributed by atoms with Gasteiger partial charge in [0.1, 0.15) is 49.3 Å². The molecule has 16 heteroatoms. The third-order valence-corrected chi connectivity index (χ3v) is 9.46. The molecule has 0 aromatic carbocycles. The summed E-state index contributed by atoms with van der Waals surface area (Å²) in [5.74, 6) is 6.01. The predicted octanol–water partition coefficient (Wildman–Crippen LogP) is 0.866.